The number of carbonyl (C=O) groups excluding carboxylic acids is 1. The zero-order chi connectivity index (χ0) is 13.0. The summed E-state index contributed by atoms with van der Waals surface area (Å²) >= 11 is 0. The second kappa shape index (κ2) is 5.34. The van der Waals surface area contributed by atoms with Crippen molar-refractivity contribution in [1.82, 2.24) is 36.1 Å². The Morgan fingerprint density at radius 3 is 3.00 bits per heavy atom. The molecule has 0 bridgehead atoms. The van der Waals surface area contributed by atoms with Crippen LogP contribution in [0.15, 0.2) is 4.52 Å². The highest BCUT2D eigenvalue weighted by molar-refractivity contribution is 5.76. The topological polar surface area (TPSA) is 122 Å². The van der Waals surface area contributed by atoms with Gasteiger partial charge in [0, 0.05) is 12.8 Å². The second-order valence-electron chi connectivity index (χ2n) is 3.79. The number of nitrogens with zero attached hydrogens (tertiary/aromatic N) is 5. The molecule has 1 atom stereocenters. The van der Waals surface area contributed by atoms with E-state index in [9.17, 15) is 4.79 Å². The third kappa shape index (κ3) is 3.09. The Hall–Kier alpha value is -2.32. The quantitative estimate of drug-likeness (QED) is 0.747. The van der Waals surface area contributed by atoms with Crippen molar-refractivity contribution in [2.75, 3.05) is 0 Å². The first-order valence-corrected chi connectivity index (χ1v) is 5.47. The number of aromatic amines is 1. The van der Waals surface area contributed by atoms with E-state index in [-0.39, 0.29) is 18.4 Å². The number of nitrogens with one attached hydrogen (secondary N) is 2. The van der Waals surface area contributed by atoms with E-state index in [4.69, 9.17) is 4.52 Å². The molecule has 0 radical (unpaired) electrons. The predicted molar refractivity (Wildman–Crippen MR) is 58.1 cm³/mol. The Balaban J connectivity index is 1.78. The minimum Gasteiger partial charge on any atom is -0.346 e. The molecule has 0 saturated carbocycles. The van der Waals surface area contributed by atoms with Crippen molar-refractivity contribution >= 4 is 5.91 Å². The highest BCUT2D eigenvalue weighted by Crippen LogP contribution is 2.05. The van der Waals surface area contributed by atoms with E-state index in [0.29, 0.717) is 24.0 Å². The van der Waals surface area contributed by atoms with Gasteiger partial charge in [-0.05, 0) is 13.8 Å². The summed E-state index contributed by atoms with van der Waals surface area (Å²) in [4.78, 5) is 15.7. The summed E-state index contributed by atoms with van der Waals surface area (Å²) in [6.07, 6.45) is 0.676. The molecule has 1 amide bonds. The minimum atomic E-state index is -0.291. The van der Waals surface area contributed by atoms with Crippen LogP contribution in [0.1, 0.15) is 36.9 Å². The van der Waals surface area contributed by atoms with Crippen LogP contribution in [0.2, 0.25) is 0 Å². The molecule has 96 valence electrons. The largest absolute Gasteiger partial charge is 0.346 e. The third-order valence-electron chi connectivity index (χ3n) is 2.26. The normalized spacial score (nSPS) is 12.3. The number of hydrogen-bond donors (Lipinski definition) is 2. The number of carbonyl (C=O) groups is 1. The molecule has 0 spiro atoms. The summed E-state index contributed by atoms with van der Waals surface area (Å²) in [7, 11) is 0. The SMILES string of the molecule is Cc1noc(CCC(=O)NC(C)c2nn[nH]n2)n1. The summed E-state index contributed by atoms with van der Waals surface area (Å²) in [5.74, 6) is 1.32. The molecule has 0 aliphatic heterocycles. The number of hydrogen-bond acceptors (Lipinski definition) is 7. The molecule has 0 fully saturated rings. The van der Waals surface area contributed by atoms with E-state index in [0.717, 1.165) is 0 Å². The summed E-state index contributed by atoms with van der Waals surface area (Å²) in [5.41, 5.74) is 0. The van der Waals surface area contributed by atoms with Crippen LogP contribution in [0.4, 0.5) is 0 Å². The summed E-state index contributed by atoms with van der Waals surface area (Å²) in [6.45, 7) is 3.50. The molecule has 18 heavy (non-hydrogen) atoms. The van der Waals surface area contributed by atoms with E-state index in [1.165, 1.54) is 0 Å². The van der Waals surface area contributed by atoms with Crippen LogP contribution in [0, 0.1) is 6.92 Å². The fourth-order valence-electron chi connectivity index (χ4n) is 1.39. The molecule has 0 aromatic carbocycles. The molecule has 2 heterocycles. The molecule has 9 heteroatoms. The standard InChI is InChI=1S/C9H13N7O2/c1-5(9-12-15-16-13-9)10-7(17)3-4-8-11-6(2)14-18-8/h5H,3-4H2,1-2H3,(H,10,17)(H,12,13,15,16). The lowest BCUT2D eigenvalue weighted by Crippen LogP contribution is -2.27. The lowest BCUT2D eigenvalue weighted by molar-refractivity contribution is -0.121. The van der Waals surface area contributed by atoms with E-state index in [1.807, 2.05) is 0 Å². The molecule has 2 N–H and O–H groups in total. The van der Waals surface area contributed by atoms with Crippen molar-refractivity contribution < 1.29 is 9.32 Å². The van der Waals surface area contributed by atoms with E-state index < -0.39 is 0 Å². The van der Waals surface area contributed by atoms with Crippen molar-refractivity contribution in [2.45, 2.75) is 32.7 Å². The Kier molecular flexibility index (Phi) is 3.60. The maximum atomic E-state index is 11.6. The lowest BCUT2D eigenvalue weighted by atomic mass is 10.2. The van der Waals surface area contributed by atoms with Gasteiger partial charge in [0.05, 0.1) is 6.04 Å². The molecule has 0 saturated heterocycles. The Morgan fingerprint density at radius 1 is 1.56 bits per heavy atom. The molecule has 2 aromatic rings. The third-order valence-corrected chi connectivity index (χ3v) is 2.26. The van der Waals surface area contributed by atoms with Crippen LogP contribution in [0.25, 0.3) is 0 Å². The van der Waals surface area contributed by atoms with Gasteiger partial charge < -0.3 is 9.84 Å². The number of tetrazole rings is 1. The number of amides is 1. The van der Waals surface area contributed by atoms with Crippen molar-refractivity contribution in [3.05, 3.63) is 17.5 Å². The smallest absolute Gasteiger partial charge is 0.227 e. The highest BCUT2D eigenvalue weighted by Gasteiger charge is 2.14. The first-order chi connectivity index (χ1) is 8.65. The number of aromatic nitrogens is 6. The summed E-state index contributed by atoms with van der Waals surface area (Å²) in [5, 5.41) is 19.7. The monoisotopic (exact) mass is 251 g/mol. The second-order valence-corrected chi connectivity index (χ2v) is 3.79. The maximum Gasteiger partial charge on any atom is 0.227 e. The molecule has 0 aliphatic carbocycles. The van der Waals surface area contributed by atoms with Gasteiger partial charge in [-0.3, -0.25) is 4.79 Å². The lowest BCUT2D eigenvalue weighted by Gasteiger charge is -2.08. The Morgan fingerprint density at radius 2 is 2.39 bits per heavy atom. The van der Waals surface area contributed by atoms with E-state index in [2.05, 4.69) is 36.1 Å². The fraction of sp³-hybridized carbons (Fsp3) is 0.556. The summed E-state index contributed by atoms with van der Waals surface area (Å²) < 4.78 is 4.91. The van der Waals surface area contributed by atoms with Crippen molar-refractivity contribution in [3.63, 3.8) is 0 Å². The molecule has 9 nitrogen and oxygen atoms in total. The van der Waals surface area contributed by atoms with Crippen molar-refractivity contribution in [1.29, 1.82) is 0 Å². The van der Waals surface area contributed by atoms with Crippen LogP contribution in [-0.4, -0.2) is 36.7 Å². The van der Waals surface area contributed by atoms with Gasteiger partial charge in [0.2, 0.25) is 11.8 Å². The van der Waals surface area contributed by atoms with Crippen LogP contribution >= 0.6 is 0 Å². The van der Waals surface area contributed by atoms with Crippen LogP contribution in [-0.2, 0) is 11.2 Å². The van der Waals surface area contributed by atoms with E-state index in [1.54, 1.807) is 13.8 Å². The maximum absolute atomic E-state index is 11.6. The molecule has 2 aromatic heterocycles. The van der Waals surface area contributed by atoms with Crippen LogP contribution < -0.4 is 5.32 Å². The van der Waals surface area contributed by atoms with Crippen LogP contribution in [0.5, 0.6) is 0 Å². The molecule has 1 unspecified atom stereocenters. The number of rotatable bonds is 5. The van der Waals surface area contributed by atoms with Gasteiger partial charge >= 0.3 is 0 Å². The molecule has 2 rings (SSSR count). The van der Waals surface area contributed by atoms with Gasteiger partial charge in [-0.15, -0.1) is 10.2 Å². The molecular formula is C9H13N7O2. The van der Waals surface area contributed by atoms with Gasteiger partial charge in [0.1, 0.15) is 0 Å². The zero-order valence-corrected chi connectivity index (χ0v) is 10.0. The van der Waals surface area contributed by atoms with Gasteiger partial charge in [0.25, 0.3) is 0 Å². The average molecular weight is 251 g/mol. The summed E-state index contributed by atoms with van der Waals surface area (Å²) in [6, 6.07) is -0.291. The van der Waals surface area contributed by atoms with Crippen LogP contribution in [0.3, 0.4) is 0 Å². The van der Waals surface area contributed by atoms with Gasteiger partial charge in [0.15, 0.2) is 11.6 Å². The number of H-pyrrole nitrogens is 1. The van der Waals surface area contributed by atoms with Gasteiger partial charge in [-0.25, -0.2) is 0 Å². The fourth-order valence-corrected chi connectivity index (χ4v) is 1.39. The van der Waals surface area contributed by atoms with Crippen molar-refractivity contribution in [2.24, 2.45) is 0 Å². The van der Waals surface area contributed by atoms with E-state index >= 15 is 0 Å². The highest BCUT2D eigenvalue weighted by atomic mass is 16.5. The first kappa shape index (κ1) is 12.1. The predicted octanol–water partition coefficient (Wildman–Crippen LogP) is -0.299. The molecule has 0 aliphatic rings. The van der Waals surface area contributed by atoms with Gasteiger partial charge in [-0.2, -0.15) is 10.2 Å². The zero-order valence-electron chi connectivity index (χ0n) is 10.0. The van der Waals surface area contributed by atoms with Gasteiger partial charge in [-0.1, -0.05) is 10.4 Å². The molecular weight excluding hydrogens is 238 g/mol. The Bertz CT molecular complexity index is 507. The number of aryl methyl sites for hydroxylation is 2. The first-order valence-electron chi connectivity index (χ1n) is 5.47. The van der Waals surface area contributed by atoms with Crippen molar-refractivity contribution in [3.8, 4) is 0 Å². The Labute approximate surface area is 102 Å². The minimum absolute atomic E-state index is 0.136. The average Bonchev–Trinajstić information content (AvgIpc) is 2.97.